The monoisotopic (exact) mass is 262 g/mol. The Morgan fingerprint density at radius 3 is 2.40 bits per heavy atom. The van der Waals surface area contributed by atoms with E-state index in [9.17, 15) is 5.26 Å². The number of nitriles is 1. The zero-order chi connectivity index (χ0) is 13.9. The molecule has 1 aromatic carbocycles. The van der Waals surface area contributed by atoms with Gasteiger partial charge in [-0.25, -0.2) is 9.97 Å². The van der Waals surface area contributed by atoms with Gasteiger partial charge in [-0.15, -0.1) is 0 Å². The molecule has 0 radical (unpaired) electrons. The Kier molecular flexibility index (Phi) is 2.90. The van der Waals surface area contributed by atoms with Crippen LogP contribution < -0.4 is 5.73 Å². The summed E-state index contributed by atoms with van der Waals surface area (Å²) in [6, 6.07) is 15.0. The van der Waals surface area contributed by atoms with Gasteiger partial charge in [-0.3, -0.25) is 0 Å². The molecule has 3 aromatic rings. The third-order valence-electron chi connectivity index (χ3n) is 2.84. The molecule has 3 rings (SSSR count). The summed E-state index contributed by atoms with van der Waals surface area (Å²) < 4.78 is 5.31. The van der Waals surface area contributed by atoms with Crippen molar-refractivity contribution >= 4 is 5.95 Å². The number of nitrogen functional groups attached to an aromatic ring is 1. The number of benzene rings is 1. The molecule has 0 unspecified atom stereocenters. The van der Waals surface area contributed by atoms with Crippen LogP contribution in [0.2, 0.25) is 0 Å². The van der Waals surface area contributed by atoms with Crippen molar-refractivity contribution in [1.29, 1.82) is 5.26 Å². The molecule has 0 atom stereocenters. The summed E-state index contributed by atoms with van der Waals surface area (Å²) in [7, 11) is 0. The second-order valence-electron chi connectivity index (χ2n) is 4.11. The number of aromatic nitrogens is 2. The highest BCUT2D eigenvalue weighted by molar-refractivity contribution is 5.76. The van der Waals surface area contributed by atoms with E-state index in [0.29, 0.717) is 22.7 Å². The lowest BCUT2D eigenvalue weighted by Crippen LogP contribution is -2.02. The minimum Gasteiger partial charge on any atom is -0.463 e. The summed E-state index contributed by atoms with van der Waals surface area (Å²) in [6.07, 6.45) is 1.52. The van der Waals surface area contributed by atoms with Crippen molar-refractivity contribution < 1.29 is 4.42 Å². The van der Waals surface area contributed by atoms with Gasteiger partial charge < -0.3 is 10.2 Å². The number of hydrogen-bond acceptors (Lipinski definition) is 5. The number of hydrogen-bond donors (Lipinski definition) is 1. The fraction of sp³-hybridized carbons (Fsp3) is 0. The van der Waals surface area contributed by atoms with Crippen molar-refractivity contribution in [2.45, 2.75) is 0 Å². The first-order chi connectivity index (χ1) is 9.79. The fourth-order valence-electron chi connectivity index (χ4n) is 1.98. The van der Waals surface area contributed by atoms with Crippen LogP contribution in [0, 0.1) is 11.3 Å². The van der Waals surface area contributed by atoms with Gasteiger partial charge in [0, 0.05) is 5.56 Å². The third kappa shape index (κ3) is 1.99. The average molecular weight is 262 g/mol. The zero-order valence-corrected chi connectivity index (χ0v) is 10.4. The quantitative estimate of drug-likeness (QED) is 0.767. The van der Waals surface area contributed by atoms with Gasteiger partial charge in [0.05, 0.1) is 12.0 Å². The number of nitrogens with two attached hydrogens (primary N) is 1. The van der Waals surface area contributed by atoms with E-state index in [4.69, 9.17) is 10.2 Å². The van der Waals surface area contributed by atoms with E-state index < -0.39 is 0 Å². The Morgan fingerprint density at radius 1 is 1.00 bits per heavy atom. The first kappa shape index (κ1) is 11.9. The van der Waals surface area contributed by atoms with Crippen molar-refractivity contribution in [3.05, 3.63) is 54.3 Å². The van der Waals surface area contributed by atoms with Crippen LogP contribution in [0.15, 0.2) is 53.1 Å². The van der Waals surface area contributed by atoms with Crippen LogP contribution in [0.1, 0.15) is 5.56 Å². The van der Waals surface area contributed by atoms with Gasteiger partial charge >= 0.3 is 0 Å². The van der Waals surface area contributed by atoms with Crippen molar-refractivity contribution in [2.24, 2.45) is 0 Å². The number of rotatable bonds is 2. The summed E-state index contributed by atoms with van der Waals surface area (Å²) >= 11 is 0. The first-order valence-corrected chi connectivity index (χ1v) is 5.96. The molecule has 0 amide bonds. The van der Waals surface area contributed by atoms with Crippen LogP contribution >= 0.6 is 0 Å². The minimum atomic E-state index is 0.106. The Bertz CT molecular complexity index is 774. The smallest absolute Gasteiger partial charge is 0.221 e. The van der Waals surface area contributed by atoms with Crippen LogP contribution in [0.5, 0.6) is 0 Å². The summed E-state index contributed by atoms with van der Waals surface area (Å²) in [5, 5.41) is 9.44. The molecule has 0 spiro atoms. The summed E-state index contributed by atoms with van der Waals surface area (Å²) in [5.74, 6) is 0.599. The molecule has 96 valence electrons. The highest BCUT2D eigenvalue weighted by Crippen LogP contribution is 2.29. The van der Waals surface area contributed by atoms with Gasteiger partial charge in [-0.1, -0.05) is 30.3 Å². The van der Waals surface area contributed by atoms with E-state index in [2.05, 4.69) is 16.0 Å². The molecule has 0 saturated heterocycles. The standard InChI is InChI=1S/C15H10N4O/c16-9-11-13(10-5-2-1-3-6-10)18-15(17)19-14(11)12-7-4-8-20-12/h1-8H,(H2,17,18,19). The summed E-state index contributed by atoms with van der Waals surface area (Å²) in [6.45, 7) is 0. The maximum Gasteiger partial charge on any atom is 0.221 e. The SMILES string of the molecule is N#Cc1c(-c2ccccc2)nc(N)nc1-c1ccco1. The molecule has 0 bridgehead atoms. The molecule has 0 saturated carbocycles. The van der Waals surface area contributed by atoms with Crippen LogP contribution in [-0.4, -0.2) is 9.97 Å². The molecule has 2 heterocycles. The lowest BCUT2D eigenvalue weighted by molar-refractivity contribution is 0.580. The lowest BCUT2D eigenvalue weighted by Gasteiger charge is -2.07. The second-order valence-corrected chi connectivity index (χ2v) is 4.11. The van der Waals surface area contributed by atoms with Crippen molar-refractivity contribution in [2.75, 3.05) is 5.73 Å². The van der Waals surface area contributed by atoms with Gasteiger partial charge in [0.15, 0.2) is 5.76 Å². The second kappa shape index (κ2) is 4.86. The normalized spacial score (nSPS) is 10.2. The number of furan rings is 1. The Labute approximate surface area is 115 Å². The molecule has 0 aliphatic heterocycles. The van der Waals surface area contributed by atoms with Crippen LogP contribution in [0.25, 0.3) is 22.7 Å². The van der Waals surface area contributed by atoms with Crippen LogP contribution in [0.4, 0.5) is 5.95 Å². The Morgan fingerprint density at radius 2 is 1.75 bits per heavy atom. The highest BCUT2D eigenvalue weighted by Gasteiger charge is 2.17. The summed E-state index contributed by atoms with van der Waals surface area (Å²) in [4.78, 5) is 8.31. The highest BCUT2D eigenvalue weighted by atomic mass is 16.3. The summed E-state index contributed by atoms with van der Waals surface area (Å²) in [5.41, 5.74) is 7.82. The van der Waals surface area contributed by atoms with Crippen LogP contribution in [-0.2, 0) is 0 Å². The number of nitrogens with zero attached hydrogens (tertiary/aromatic N) is 3. The lowest BCUT2D eigenvalue weighted by atomic mass is 10.0. The van der Waals surface area contributed by atoms with Crippen LogP contribution in [0.3, 0.4) is 0 Å². The topological polar surface area (TPSA) is 88.7 Å². The number of anilines is 1. The van der Waals surface area contributed by atoms with Gasteiger partial charge in [0.1, 0.15) is 17.3 Å². The van der Waals surface area contributed by atoms with Gasteiger partial charge in [-0.05, 0) is 12.1 Å². The largest absolute Gasteiger partial charge is 0.463 e. The molecule has 0 aliphatic rings. The van der Waals surface area contributed by atoms with E-state index in [1.807, 2.05) is 30.3 Å². The maximum atomic E-state index is 9.44. The van der Waals surface area contributed by atoms with Crippen molar-refractivity contribution in [3.8, 4) is 28.8 Å². The van der Waals surface area contributed by atoms with Gasteiger partial charge in [0.2, 0.25) is 5.95 Å². The molecular formula is C15H10N4O. The van der Waals surface area contributed by atoms with E-state index in [1.54, 1.807) is 12.1 Å². The van der Waals surface area contributed by atoms with Crippen molar-refractivity contribution in [1.82, 2.24) is 9.97 Å². The van der Waals surface area contributed by atoms with Crippen molar-refractivity contribution in [3.63, 3.8) is 0 Å². The van der Waals surface area contributed by atoms with E-state index in [-0.39, 0.29) is 5.95 Å². The van der Waals surface area contributed by atoms with E-state index >= 15 is 0 Å². The minimum absolute atomic E-state index is 0.106. The van der Waals surface area contributed by atoms with E-state index in [1.165, 1.54) is 6.26 Å². The van der Waals surface area contributed by atoms with Gasteiger partial charge in [-0.2, -0.15) is 5.26 Å². The molecule has 5 nitrogen and oxygen atoms in total. The third-order valence-corrected chi connectivity index (χ3v) is 2.84. The molecule has 0 fully saturated rings. The van der Waals surface area contributed by atoms with Gasteiger partial charge in [0.25, 0.3) is 0 Å². The van der Waals surface area contributed by atoms with E-state index in [0.717, 1.165) is 5.56 Å². The molecule has 0 aliphatic carbocycles. The Hall–Kier alpha value is -3.13. The molecule has 2 N–H and O–H groups in total. The molecular weight excluding hydrogens is 252 g/mol. The molecule has 5 heteroatoms. The average Bonchev–Trinajstić information content (AvgIpc) is 3.01. The molecule has 20 heavy (non-hydrogen) atoms. The Balaban J connectivity index is 2.29. The predicted octanol–water partition coefficient (Wildman–Crippen LogP) is 2.86. The molecule has 2 aromatic heterocycles. The zero-order valence-electron chi connectivity index (χ0n) is 10.4. The maximum absolute atomic E-state index is 9.44. The first-order valence-electron chi connectivity index (χ1n) is 5.96. The predicted molar refractivity (Wildman–Crippen MR) is 74.3 cm³/mol. The fourth-order valence-corrected chi connectivity index (χ4v) is 1.98.